The number of rotatable bonds is 5. The van der Waals surface area contributed by atoms with Crippen molar-refractivity contribution in [1.29, 1.82) is 0 Å². The van der Waals surface area contributed by atoms with Crippen LogP contribution in [0.15, 0.2) is 18.2 Å². The summed E-state index contributed by atoms with van der Waals surface area (Å²) in [7, 11) is 2.07. The van der Waals surface area contributed by atoms with Gasteiger partial charge in [0.1, 0.15) is 5.82 Å². The molecule has 0 aliphatic rings. The fourth-order valence-corrected chi connectivity index (χ4v) is 2.10. The zero-order valence-electron chi connectivity index (χ0n) is 10.3. The van der Waals surface area contributed by atoms with Gasteiger partial charge in [-0.25, -0.2) is 4.39 Å². The van der Waals surface area contributed by atoms with Gasteiger partial charge in [0.15, 0.2) is 0 Å². The molecular formula is C13H21FN2. The number of nitrogens with zero attached hydrogens (tertiary/aromatic N) is 1. The van der Waals surface area contributed by atoms with Crippen LogP contribution in [0.2, 0.25) is 0 Å². The summed E-state index contributed by atoms with van der Waals surface area (Å²) in [4.78, 5) is 2.24. The molecule has 2 nitrogen and oxygen atoms in total. The maximum Gasteiger partial charge on any atom is 0.125 e. The van der Waals surface area contributed by atoms with Gasteiger partial charge < -0.3 is 5.73 Å². The average molecular weight is 224 g/mol. The van der Waals surface area contributed by atoms with Crippen LogP contribution < -0.4 is 5.73 Å². The lowest BCUT2D eigenvalue weighted by molar-refractivity contribution is 0.221. The number of hydrogen-bond donors (Lipinski definition) is 1. The van der Waals surface area contributed by atoms with E-state index in [-0.39, 0.29) is 5.82 Å². The van der Waals surface area contributed by atoms with Crippen LogP contribution in [0.4, 0.5) is 10.1 Å². The van der Waals surface area contributed by atoms with Gasteiger partial charge in [0.05, 0.1) is 0 Å². The van der Waals surface area contributed by atoms with E-state index < -0.39 is 0 Å². The van der Waals surface area contributed by atoms with E-state index in [1.165, 1.54) is 6.07 Å². The van der Waals surface area contributed by atoms with Crippen molar-refractivity contribution >= 4 is 5.69 Å². The molecule has 0 aliphatic carbocycles. The first kappa shape index (κ1) is 13.0. The van der Waals surface area contributed by atoms with Gasteiger partial charge in [-0.1, -0.05) is 13.8 Å². The Balaban J connectivity index is 2.72. The first-order chi connectivity index (χ1) is 7.56. The van der Waals surface area contributed by atoms with Crippen LogP contribution in [-0.2, 0) is 6.54 Å². The number of anilines is 1. The Hall–Kier alpha value is -1.09. The minimum absolute atomic E-state index is 0.257. The molecule has 1 aromatic rings. The molecular weight excluding hydrogens is 203 g/mol. The lowest BCUT2D eigenvalue weighted by Gasteiger charge is -2.26. The number of benzene rings is 1. The molecule has 0 aliphatic heterocycles. The second-order valence-electron chi connectivity index (χ2n) is 4.28. The van der Waals surface area contributed by atoms with E-state index in [1.807, 2.05) is 6.07 Å². The van der Waals surface area contributed by atoms with Gasteiger partial charge in [0.25, 0.3) is 0 Å². The zero-order chi connectivity index (χ0) is 12.1. The van der Waals surface area contributed by atoms with Gasteiger partial charge in [0, 0.05) is 18.3 Å². The quantitative estimate of drug-likeness (QED) is 0.779. The van der Waals surface area contributed by atoms with Crippen LogP contribution >= 0.6 is 0 Å². The summed E-state index contributed by atoms with van der Waals surface area (Å²) in [5, 5.41) is 0. The van der Waals surface area contributed by atoms with Crippen LogP contribution in [0.25, 0.3) is 0 Å². The molecule has 0 radical (unpaired) electrons. The third-order valence-electron chi connectivity index (χ3n) is 2.98. The SMILES string of the molecule is CCC(CC)N(C)Cc1cc(N)cc(F)c1. The predicted octanol–water partition coefficient (Wildman–Crippen LogP) is 3.03. The fraction of sp³-hybridized carbons (Fsp3) is 0.538. The van der Waals surface area contributed by atoms with Gasteiger partial charge in [-0.05, 0) is 43.7 Å². The van der Waals surface area contributed by atoms with Crippen LogP contribution in [0.3, 0.4) is 0 Å². The van der Waals surface area contributed by atoms with Crippen LogP contribution in [-0.4, -0.2) is 18.0 Å². The summed E-state index contributed by atoms with van der Waals surface area (Å²) in [6, 6.07) is 5.28. The van der Waals surface area contributed by atoms with Crippen molar-refractivity contribution in [3.05, 3.63) is 29.6 Å². The molecule has 2 N–H and O–H groups in total. The van der Waals surface area contributed by atoms with E-state index in [9.17, 15) is 4.39 Å². The molecule has 16 heavy (non-hydrogen) atoms. The summed E-state index contributed by atoms with van der Waals surface area (Å²) in [6.07, 6.45) is 2.22. The van der Waals surface area contributed by atoms with Crippen LogP contribution in [0.1, 0.15) is 32.3 Å². The number of nitrogen functional groups attached to an aromatic ring is 1. The number of nitrogens with two attached hydrogens (primary N) is 1. The highest BCUT2D eigenvalue weighted by atomic mass is 19.1. The van der Waals surface area contributed by atoms with Gasteiger partial charge in [0.2, 0.25) is 0 Å². The highest BCUT2D eigenvalue weighted by Gasteiger charge is 2.11. The van der Waals surface area contributed by atoms with Crippen molar-refractivity contribution in [3.63, 3.8) is 0 Å². The van der Waals surface area contributed by atoms with Crippen molar-refractivity contribution in [2.45, 2.75) is 39.3 Å². The van der Waals surface area contributed by atoms with Crippen LogP contribution in [0.5, 0.6) is 0 Å². The van der Waals surface area contributed by atoms with E-state index in [1.54, 1.807) is 6.07 Å². The molecule has 0 unspecified atom stereocenters. The summed E-state index contributed by atoms with van der Waals surface area (Å²) in [6.45, 7) is 5.09. The fourth-order valence-electron chi connectivity index (χ4n) is 2.10. The number of halogens is 1. The topological polar surface area (TPSA) is 29.3 Å². The van der Waals surface area contributed by atoms with Crippen molar-refractivity contribution in [1.82, 2.24) is 4.90 Å². The first-order valence-corrected chi connectivity index (χ1v) is 5.82. The lowest BCUT2D eigenvalue weighted by Crippen LogP contribution is -2.30. The first-order valence-electron chi connectivity index (χ1n) is 5.82. The summed E-state index contributed by atoms with van der Waals surface area (Å²) >= 11 is 0. The smallest absolute Gasteiger partial charge is 0.125 e. The molecule has 0 spiro atoms. The molecule has 90 valence electrons. The van der Waals surface area contributed by atoms with E-state index in [2.05, 4.69) is 25.8 Å². The largest absolute Gasteiger partial charge is 0.399 e. The highest BCUT2D eigenvalue weighted by Crippen LogP contribution is 2.15. The molecule has 1 rings (SSSR count). The Kier molecular flexibility index (Phi) is 4.74. The maximum atomic E-state index is 13.1. The standard InChI is InChI=1S/C13H21FN2/c1-4-13(5-2)16(3)9-10-6-11(14)8-12(15)7-10/h6-8,13H,4-5,9,15H2,1-3H3. The molecule has 0 amide bonds. The Labute approximate surface area is 97.3 Å². The van der Waals surface area contributed by atoms with Gasteiger partial charge in [-0.2, -0.15) is 0 Å². The minimum atomic E-state index is -0.257. The molecule has 0 heterocycles. The molecule has 0 saturated carbocycles. The zero-order valence-corrected chi connectivity index (χ0v) is 10.3. The van der Waals surface area contributed by atoms with Gasteiger partial charge in [-0.3, -0.25) is 4.90 Å². The maximum absolute atomic E-state index is 13.1. The Morgan fingerprint density at radius 3 is 2.38 bits per heavy atom. The summed E-state index contributed by atoms with van der Waals surface area (Å²) < 4.78 is 13.1. The minimum Gasteiger partial charge on any atom is -0.399 e. The normalized spacial score (nSPS) is 11.4. The average Bonchev–Trinajstić information content (AvgIpc) is 2.17. The summed E-state index contributed by atoms with van der Waals surface area (Å²) in [5.74, 6) is -0.257. The number of hydrogen-bond acceptors (Lipinski definition) is 2. The molecule has 0 atom stereocenters. The predicted molar refractivity (Wildman–Crippen MR) is 66.6 cm³/mol. The second-order valence-corrected chi connectivity index (χ2v) is 4.28. The van der Waals surface area contributed by atoms with E-state index >= 15 is 0 Å². The molecule has 0 aromatic heterocycles. The summed E-state index contributed by atoms with van der Waals surface area (Å²) in [5.41, 5.74) is 7.05. The van der Waals surface area contributed by atoms with E-state index in [0.29, 0.717) is 11.7 Å². The Morgan fingerprint density at radius 2 is 1.88 bits per heavy atom. The van der Waals surface area contributed by atoms with Gasteiger partial charge >= 0.3 is 0 Å². The van der Waals surface area contributed by atoms with E-state index in [0.717, 1.165) is 24.9 Å². The molecule has 0 bridgehead atoms. The van der Waals surface area contributed by atoms with Crippen LogP contribution in [0, 0.1) is 5.82 Å². The molecule has 3 heteroatoms. The van der Waals surface area contributed by atoms with Crippen molar-refractivity contribution < 1.29 is 4.39 Å². The molecule has 1 aromatic carbocycles. The Morgan fingerprint density at radius 1 is 1.25 bits per heavy atom. The van der Waals surface area contributed by atoms with Crippen molar-refractivity contribution in [3.8, 4) is 0 Å². The van der Waals surface area contributed by atoms with Crippen molar-refractivity contribution in [2.24, 2.45) is 0 Å². The second kappa shape index (κ2) is 5.85. The van der Waals surface area contributed by atoms with Gasteiger partial charge in [-0.15, -0.1) is 0 Å². The third-order valence-corrected chi connectivity index (χ3v) is 2.98. The highest BCUT2D eigenvalue weighted by molar-refractivity contribution is 5.41. The lowest BCUT2D eigenvalue weighted by atomic mass is 10.1. The monoisotopic (exact) mass is 224 g/mol. The third kappa shape index (κ3) is 3.49. The molecule has 0 fully saturated rings. The van der Waals surface area contributed by atoms with Crippen molar-refractivity contribution in [2.75, 3.05) is 12.8 Å². The van der Waals surface area contributed by atoms with E-state index in [4.69, 9.17) is 5.73 Å². The molecule has 0 saturated heterocycles. The Bertz CT molecular complexity index is 314.